The maximum Gasteiger partial charge on any atom is 0.338 e. The van der Waals surface area contributed by atoms with E-state index in [0.717, 1.165) is 12.1 Å². The van der Waals surface area contributed by atoms with Crippen LogP contribution < -0.4 is 5.43 Å². The average molecular weight is 245 g/mol. The van der Waals surface area contributed by atoms with Crippen molar-refractivity contribution in [3.63, 3.8) is 0 Å². The van der Waals surface area contributed by atoms with E-state index in [4.69, 9.17) is 4.74 Å². The first-order valence-electron chi connectivity index (χ1n) is 5.98. The van der Waals surface area contributed by atoms with Crippen molar-refractivity contribution in [2.24, 2.45) is 0 Å². The quantitative estimate of drug-likeness (QED) is 0.844. The molecular weight excluding hydrogens is 230 g/mol. The fourth-order valence-corrected chi connectivity index (χ4v) is 1.84. The summed E-state index contributed by atoms with van der Waals surface area (Å²) in [5.74, 6) is -0.373. The molecule has 0 aliphatic carbocycles. The number of H-pyrrole nitrogens is 1. The van der Waals surface area contributed by atoms with Crippen LogP contribution in [0.25, 0.3) is 10.9 Å². The summed E-state index contributed by atoms with van der Waals surface area (Å²) in [4.78, 5) is 26.6. The van der Waals surface area contributed by atoms with Gasteiger partial charge >= 0.3 is 5.97 Å². The Kier molecular flexibility index (Phi) is 3.46. The number of carbonyl (C=O) groups is 1. The number of nitrogens with one attached hydrogen (secondary N) is 1. The highest BCUT2D eigenvalue weighted by atomic mass is 16.5. The molecule has 0 atom stereocenters. The molecule has 94 valence electrons. The van der Waals surface area contributed by atoms with Crippen LogP contribution in [0, 0.1) is 0 Å². The van der Waals surface area contributed by atoms with Gasteiger partial charge in [-0.2, -0.15) is 0 Å². The first-order chi connectivity index (χ1) is 8.65. The van der Waals surface area contributed by atoms with E-state index < -0.39 is 0 Å². The zero-order valence-electron chi connectivity index (χ0n) is 10.4. The number of ether oxygens (including phenoxy) is 1. The number of benzene rings is 1. The number of aromatic amines is 1. The number of carbonyl (C=O) groups excluding carboxylic acids is 1. The lowest BCUT2D eigenvalue weighted by Crippen LogP contribution is -2.08. The Hall–Kier alpha value is -2.10. The molecule has 0 aliphatic rings. The molecule has 0 spiro atoms. The Bertz CT molecular complexity index is 643. The topological polar surface area (TPSA) is 59.2 Å². The Morgan fingerprint density at radius 2 is 2.06 bits per heavy atom. The molecule has 0 saturated carbocycles. The van der Waals surface area contributed by atoms with Gasteiger partial charge in [-0.25, -0.2) is 4.79 Å². The molecule has 0 aliphatic heterocycles. The lowest BCUT2D eigenvalue weighted by molar-refractivity contribution is 0.0526. The molecule has 0 unspecified atom stereocenters. The van der Waals surface area contributed by atoms with Gasteiger partial charge in [0.25, 0.3) is 0 Å². The third kappa shape index (κ3) is 2.27. The summed E-state index contributed by atoms with van der Waals surface area (Å²) in [5, 5.41) is 0.584. The van der Waals surface area contributed by atoms with Crippen LogP contribution in [0.1, 0.15) is 29.9 Å². The number of fused-ring (bicyclic) bond motifs is 1. The van der Waals surface area contributed by atoms with Gasteiger partial charge in [-0.3, -0.25) is 4.79 Å². The average Bonchev–Trinajstić information content (AvgIpc) is 2.38. The molecular formula is C14H15NO3. The number of aromatic nitrogens is 1. The van der Waals surface area contributed by atoms with Crippen LogP contribution in [0.15, 0.2) is 29.1 Å². The first kappa shape index (κ1) is 12.4. The van der Waals surface area contributed by atoms with Gasteiger partial charge in [0.1, 0.15) is 0 Å². The van der Waals surface area contributed by atoms with Crippen molar-refractivity contribution in [2.75, 3.05) is 6.61 Å². The number of esters is 1. The predicted molar refractivity (Wildman–Crippen MR) is 69.9 cm³/mol. The number of hydrogen-bond donors (Lipinski definition) is 1. The van der Waals surface area contributed by atoms with E-state index in [1.54, 1.807) is 31.2 Å². The minimum Gasteiger partial charge on any atom is -0.462 e. The fraction of sp³-hybridized carbons (Fsp3) is 0.286. The van der Waals surface area contributed by atoms with Crippen molar-refractivity contribution >= 4 is 16.9 Å². The fourth-order valence-electron chi connectivity index (χ4n) is 1.84. The summed E-state index contributed by atoms with van der Waals surface area (Å²) < 4.78 is 4.93. The zero-order valence-corrected chi connectivity index (χ0v) is 10.4. The van der Waals surface area contributed by atoms with Gasteiger partial charge in [0.05, 0.1) is 17.7 Å². The summed E-state index contributed by atoms with van der Waals surface area (Å²) in [6.07, 6.45) is 0.745. The largest absolute Gasteiger partial charge is 0.462 e. The molecule has 1 aromatic carbocycles. The van der Waals surface area contributed by atoms with Crippen LogP contribution in [0.5, 0.6) is 0 Å². The van der Waals surface area contributed by atoms with Crippen molar-refractivity contribution in [1.29, 1.82) is 0 Å². The smallest absolute Gasteiger partial charge is 0.338 e. The molecule has 2 rings (SSSR count). The van der Waals surface area contributed by atoms with Gasteiger partial charge in [-0.15, -0.1) is 0 Å². The number of aryl methyl sites for hydroxylation is 1. The van der Waals surface area contributed by atoms with Crippen LogP contribution in [0.4, 0.5) is 0 Å². The SMILES string of the molecule is CCOC(=O)c1ccc2c(=O)cc(CC)[nH]c2c1. The van der Waals surface area contributed by atoms with Crippen LogP contribution in [0.2, 0.25) is 0 Å². The molecule has 4 nitrogen and oxygen atoms in total. The molecule has 2 aromatic rings. The van der Waals surface area contributed by atoms with Gasteiger partial charge in [-0.1, -0.05) is 6.92 Å². The van der Waals surface area contributed by atoms with Crippen LogP contribution in [0.3, 0.4) is 0 Å². The van der Waals surface area contributed by atoms with Crippen LogP contribution >= 0.6 is 0 Å². The van der Waals surface area contributed by atoms with E-state index in [1.165, 1.54) is 0 Å². The van der Waals surface area contributed by atoms with Gasteiger partial charge in [0.15, 0.2) is 5.43 Å². The standard InChI is InChI=1S/C14H15NO3/c1-3-10-8-13(16)11-6-5-9(7-12(11)15-10)14(17)18-4-2/h5-8H,3-4H2,1-2H3,(H,15,16). The van der Waals surface area contributed by atoms with Crippen LogP contribution in [-0.4, -0.2) is 17.6 Å². The second-order valence-corrected chi connectivity index (χ2v) is 3.99. The summed E-state index contributed by atoms with van der Waals surface area (Å²) in [5.41, 5.74) is 1.95. The molecule has 18 heavy (non-hydrogen) atoms. The Labute approximate surface area is 105 Å². The first-order valence-corrected chi connectivity index (χ1v) is 5.98. The van der Waals surface area contributed by atoms with E-state index in [1.807, 2.05) is 6.92 Å². The summed E-state index contributed by atoms with van der Waals surface area (Å²) in [6, 6.07) is 6.52. The van der Waals surface area contributed by atoms with Gasteiger partial charge in [0, 0.05) is 17.1 Å². The number of rotatable bonds is 3. The van der Waals surface area contributed by atoms with Gasteiger partial charge in [-0.05, 0) is 31.5 Å². The molecule has 0 bridgehead atoms. The second-order valence-electron chi connectivity index (χ2n) is 3.99. The highest BCUT2D eigenvalue weighted by molar-refractivity contribution is 5.94. The maximum atomic E-state index is 11.8. The summed E-state index contributed by atoms with van der Waals surface area (Å²) in [7, 11) is 0. The van der Waals surface area contributed by atoms with E-state index in [-0.39, 0.29) is 11.4 Å². The lowest BCUT2D eigenvalue weighted by atomic mass is 10.1. The third-order valence-corrected chi connectivity index (χ3v) is 2.78. The Morgan fingerprint density at radius 1 is 1.28 bits per heavy atom. The van der Waals surface area contributed by atoms with E-state index >= 15 is 0 Å². The molecule has 0 saturated heterocycles. The highest BCUT2D eigenvalue weighted by Crippen LogP contribution is 2.12. The summed E-state index contributed by atoms with van der Waals surface area (Å²) >= 11 is 0. The van der Waals surface area contributed by atoms with Crippen molar-refractivity contribution in [1.82, 2.24) is 4.98 Å². The Balaban J connectivity index is 2.56. The van der Waals surface area contributed by atoms with Crippen LogP contribution in [-0.2, 0) is 11.2 Å². The molecule has 1 heterocycles. The lowest BCUT2D eigenvalue weighted by Gasteiger charge is -2.05. The molecule has 0 fully saturated rings. The Morgan fingerprint density at radius 3 is 2.72 bits per heavy atom. The molecule has 0 amide bonds. The van der Waals surface area contributed by atoms with Gasteiger partial charge in [0.2, 0.25) is 0 Å². The van der Waals surface area contributed by atoms with E-state index in [0.29, 0.717) is 23.1 Å². The number of pyridine rings is 1. The minimum absolute atomic E-state index is 0.0315. The molecule has 4 heteroatoms. The summed E-state index contributed by atoms with van der Waals surface area (Å²) in [6.45, 7) is 4.06. The normalized spacial score (nSPS) is 10.6. The molecule has 0 radical (unpaired) electrons. The van der Waals surface area contributed by atoms with Crippen molar-refractivity contribution in [3.8, 4) is 0 Å². The zero-order chi connectivity index (χ0) is 13.1. The predicted octanol–water partition coefficient (Wildman–Crippen LogP) is 2.27. The minimum atomic E-state index is -0.373. The van der Waals surface area contributed by atoms with Crippen molar-refractivity contribution in [2.45, 2.75) is 20.3 Å². The van der Waals surface area contributed by atoms with Gasteiger partial charge < -0.3 is 9.72 Å². The molecule has 1 N–H and O–H groups in total. The van der Waals surface area contributed by atoms with E-state index in [9.17, 15) is 9.59 Å². The maximum absolute atomic E-state index is 11.8. The number of hydrogen-bond acceptors (Lipinski definition) is 3. The second kappa shape index (κ2) is 5.04. The molecule has 1 aromatic heterocycles. The van der Waals surface area contributed by atoms with E-state index in [2.05, 4.69) is 4.98 Å². The highest BCUT2D eigenvalue weighted by Gasteiger charge is 2.08. The monoisotopic (exact) mass is 245 g/mol. The van der Waals surface area contributed by atoms with Crippen molar-refractivity contribution in [3.05, 3.63) is 45.7 Å². The van der Waals surface area contributed by atoms with Crippen molar-refractivity contribution < 1.29 is 9.53 Å². The third-order valence-electron chi connectivity index (χ3n) is 2.78.